The van der Waals surface area contributed by atoms with Gasteiger partial charge in [-0.2, -0.15) is 0 Å². The molecule has 2 aromatic rings. The molecule has 98 valence electrons. The number of pyridine rings is 1. The third-order valence-corrected chi connectivity index (χ3v) is 3.59. The van der Waals surface area contributed by atoms with Crippen molar-refractivity contribution in [2.75, 3.05) is 14.2 Å². The van der Waals surface area contributed by atoms with Crippen molar-refractivity contribution in [3.05, 3.63) is 45.7 Å². The van der Waals surface area contributed by atoms with E-state index in [9.17, 15) is 9.59 Å². The van der Waals surface area contributed by atoms with Gasteiger partial charge in [-0.3, -0.25) is 14.4 Å². The van der Waals surface area contributed by atoms with Crippen molar-refractivity contribution in [2.24, 2.45) is 0 Å². The SMILES string of the molecule is CON(C)C(=O)c1cc2cccc3c2n(c1=O)CC3. The first-order valence-corrected chi connectivity index (χ1v) is 6.11. The molecule has 0 N–H and O–H groups in total. The summed E-state index contributed by atoms with van der Waals surface area (Å²) in [6.07, 6.45) is 0.838. The van der Waals surface area contributed by atoms with Gasteiger partial charge in [0, 0.05) is 13.6 Å². The average Bonchev–Trinajstić information content (AvgIpc) is 2.87. The molecule has 0 spiro atoms. The van der Waals surface area contributed by atoms with Crippen LogP contribution in [0.5, 0.6) is 0 Å². The van der Waals surface area contributed by atoms with E-state index in [0.717, 1.165) is 28.0 Å². The van der Waals surface area contributed by atoms with Crippen LogP contribution in [-0.2, 0) is 17.8 Å². The summed E-state index contributed by atoms with van der Waals surface area (Å²) in [5, 5.41) is 1.98. The number of rotatable bonds is 2. The monoisotopic (exact) mass is 258 g/mol. The van der Waals surface area contributed by atoms with E-state index in [1.54, 1.807) is 10.6 Å². The predicted octanol–water partition coefficient (Wildman–Crippen LogP) is 1.19. The minimum atomic E-state index is -0.421. The van der Waals surface area contributed by atoms with Crippen molar-refractivity contribution < 1.29 is 9.63 Å². The number of amides is 1. The first-order valence-electron chi connectivity index (χ1n) is 6.11. The number of hydroxylamine groups is 2. The minimum Gasteiger partial charge on any atom is -0.307 e. The fourth-order valence-electron chi connectivity index (χ4n) is 2.57. The maximum absolute atomic E-state index is 12.4. The third kappa shape index (κ3) is 1.66. The van der Waals surface area contributed by atoms with Crippen LogP contribution >= 0.6 is 0 Å². The Kier molecular flexibility index (Phi) is 2.64. The first-order chi connectivity index (χ1) is 9.13. The molecule has 0 saturated carbocycles. The Morgan fingerprint density at radius 1 is 1.42 bits per heavy atom. The first kappa shape index (κ1) is 11.9. The lowest BCUT2D eigenvalue weighted by Gasteiger charge is -2.14. The highest BCUT2D eigenvalue weighted by atomic mass is 16.7. The molecule has 1 aromatic heterocycles. The van der Waals surface area contributed by atoms with Crippen LogP contribution in [0.15, 0.2) is 29.1 Å². The van der Waals surface area contributed by atoms with Gasteiger partial charge in [0.25, 0.3) is 11.5 Å². The summed E-state index contributed by atoms with van der Waals surface area (Å²) in [4.78, 5) is 29.3. The van der Waals surface area contributed by atoms with Gasteiger partial charge in [-0.1, -0.05) is 18.2 Å². The zero-order valence-corrected chi connectivity index (χ0v) is 10.8. The Bertz CT molecular complexity index is 733. The molecule has 3 rings (SSSR count). The fraction of sp³-hybridized carbons (Fsp3) is 0.286. The van der Waals surface area contributed by atoms with E-state index >= 15 is 0 Å². The molecule has 0 radical (unpaired) electrons. The van der Waals surface area contributed by atoms with E-state index in [2.05, 4.69) is 0 Å². The maximum Gasteiger partial charge on any atom is 0.282 e. The van der Waals surface area contributed by atoms with Crippen molar-refractivity contribution in [3.8, 4) is 0 Å². The minimum absolute atomic E-state index is 0.149. The lowest BCUT2D eigenvalue weighted by Crippen LogP contribution is -2.33. The highest BCUT2D eigenvalue weighted by molar-refractivity contribution is 5.97. The summed E-state index contributed by atoms with van der Waals surface area (Å²) in [6, 6.07) is 7.55. The van der Waals surface area contributed by atoms with Crippen LogP contribution in [0.25, 0.3) is 10.9 Å². The van der Waals surface area contributed by atoms with Crippen LogP contribution in [0.3, 0.4) is 0 Å². The van der Waals surface area contributed by atoms with Crippen molar-refractivity contribution in [1.82, 2.24) is 9.63 Å². The van der Waals surface area contributed by atoms with Crippen LogP contribution in [0.1, 0.15) is 15.9 Å². The van der Waals surface area contributed by atoms with E-state index in [-0.39, 0.29) is 11.1 Å². The summed E-state index contributed by atoms with van der Waals surface area (Å²) in [5.74, 6) is -0.421. The number of benzene rings is 1. The van der Waals surface area contributed by atoms with Gasteiger partial charge in [0.2, 0.25) is 0 Å². The second kappa shape index (κ2) is 4.20. The van der Waals surface area contributed by atoms with E-state index in [4.69, 9.17) is 4.84 Å². The molecule has 0 aliphatic carbocycles. The lowest BCUT2D eigenvalue weighted by atomic mass is 10.1. The van der Waals surface area contributed by atoms with Crippen LogP contribution in [0.4, 0.5) is 0 Å². The van der Waals surface area contributed by atoms with Crippen LogP contribution < -0.4 is 5.56 Å². The molecular weight excluding hydrogens is 244 g/mol. The van der Waals surface area contributed by atoms with Crippen molar-refractivity contribution >= 4 is 16.8 Å². The molecule has 1 amide bonds. The summed E-state index contributed by atoms with van der Waals surface area (Å²) in [7, 11) is 2.89. The van der Waals surface area contributed by atoms with Gasteiger partial charge in [-0.15, -0.1) is 0 Å². The van der Waals surface area contributed by atoms with Gasteiger partial charge in [-0.25, -0.2) is 5.06 Å². The molecule has 0 fully saturated rings. The number of hydrogen-bond donors (Lipinski definition) is 0. The Hall–Kier alpha value is -2.14. The Balaban J connectivity index is 2.28. The van der Waals surface area contributed by atoms with E-state index < -0.39 is 5.91 Å². The number of aromatic nitrogens is 1. The van der Waals surface area contributed by atoms with Gasteiger partial charge < -0.3 is 4.57 Å². The highest BCUT2D eigenvalue weighted by Gasteiger charge is 2.22. The van der Waals surface area contributed by atoms with Gasteiger partial charge in [0.1, 0.15) is 5.56 Å². The largest absolute Gasteiger partial charge is 0.307 e. The van der Waals surface area contributed by atoms with Gasteiger partial charge in [0.05, 0.1) is 12.6 Å². The molecule has 5 heteroatoms. The average molecular weight is 258 g/mol. The van der Waals surface area contributed by atoms with Crippen molar-refractivity contribution in [1.29, 1.82) is 0 Å². The molecule has 1 aromatic carbocycles. The smallest absolute Gasteiger partial charge is 0.282 e. The van der Waals surface area contributed by atoms with Crippen LogP contribution in [0, 0.1) is 0 Å². The van der Waals surface area contributed by atoms with Gasteiger partial charge in [0.15, 0.2) is 0 Å². The molecule has 1 aliphatic heterocycles. The standard InChI is InChI=1S/C14H14N2O3/c1-15(19-2)13(17)11-8-10-5-3-4-9-6-7-16(12(9)10)14(11)18/h3-5,8H,6-7H2,1-2H3. The highest BCUT2D eigenvalue weighted by Crippen LogP contribution is 2.24. The molecule has 0 saturated heterocycles. The molecule has 0 bridgehead atoms. The number of carbonyl (C=O) groups excluding carboxylic acids is 1. The number of hydrogen-bond acceptors (Lipinski definition) is 3. The third-order valence-electron chi connectivity index (χ3n) is 3.59. The van der Waals surface area contributed by atoms with Gasteiger partial charge in [-0.05, 0) is 23.4 Å². The molecule has 0 unspecified atom stereocenters. The summed E-state index contributed by atoms with van der Waals surface area (Å²) in [6.45, 7) is 0.631. The second-order valence-electron chi connectivity index (χ2n) is 4.60. The summed E-state index contributed by atoms with van der Waals surface area (Å²) < 4.78 is 1.68. The molecule has 5 nitrogen and oxygen atoms in total. The maximum atomic E-state index is 12.4. The topological polar surface area (TPSA) is 51.5 Å². The number of nitrogens with zero attached hydrogens (tertiary/aromatic N) is 2. The molecule has 0 atom stereocenters. The second-order valence-corrected chi connectivity index (χ2v) is 4.60. The van der Waals surface area contributed by atoms with E-state index in [1.807, 2.05) is 18.2 Å². The fourth-order valence-corrected chi connectivity index (χ4v) is 2.57. The molecule has 1 aliphatic rings. The zero-order valence-electron chi connectivity index (χ0n) is 10.8. The summed E-state index contributed by atoms with van der Waals surface area (Å²) in [5.41, 5.74) is 2.01. The van der Waals surface area contributed by atoms with Gasteiger partial charge >= 0.3 is 0 Å². The Labute approximate surface area is 110 Å². The Morgan fingerprint density at radius 3 is 2.95 bits per heavy atom. The predicted molar refractivity (Wildman–Crippen MR) is 71.0 cm³/mol. The molecule has 2 heterocycles. The summed E-state index contributed by atoms with van der Waals surface area (Å²) >= 11 is 0. The lowest BCUT2D eigenvalue weighted by molar-refractivity contribution is -0.0758. The van der Waals surface area contributed by atoms with Crippen LogP contribution in [-0.4, -0.2) is 29.7 Å². The molecular formula is C14H14N2O3. The van der Waals surface area contributed by atoms with E-state index in [1.165, 1.54) is 14.2 Å². The van der Waals surface area contributed by atoms with Crippen molar-refractivity contribution in [2.45, 2.75) is 13.0 Å². The normalized spacial score (nSPS) is 12.9. The number of aryl methyl sites for hydroxylation is 2. The zero-order chi connectivity index (χ0) is 13.6. The van der Waals surface area contributed by atoms with Crippen LogP contribution in [0.2, 0.25) is 0 Å². The quantitative estimate of drug-likeness (QED) is 0.760. The number of para-hydroxylation sites is 1. The van der Waals surface area contributed by atoms with Crippen molar-refractivity contribution in [3.63, 3.8) is 0 Å². The molecule has 19 heavy (non-hydrogen) atoms. The number of carbonyl (C=O) groups is 1. The Morgan fingerprint density at radius 2 is 2.21 bits per heavy atom. The van der Waals surface area contributed by atoms with E-state index in [0.29, 0.717) is 6.54 Å².